The number of hydrogen-bond donors (Lipinski definition) is 1. The van der Waals surface area contributed by atoms with Crippen LogP contribution in [0.25, 0.3) is 0 Å². The molecule has 0 aromatic carbocycles. The average molecular weight is 172 g/mol. The quantitative estimate of drug-likeness (QED) is 0.703. The van der Waals surface area contributed by atoms with Crippen molar-refractivity contribution in [1.29, 1.82) is 0 Å². The Hall–Kier alpha value is -0.570. The van der Waals surface area contributed by atoms with Gasteiger partial charge < -0.3 is 9.84 Å². The summed E-state index contributed by atoms with van der Waals surface area (Å²) in [6.07, 6.45) is 5.29. The van der Waals surface area contributed by atoms with Gasteiger partial charge in [-0.25, -0.2) is 0 Å². The number of hydrogen-bond acceptors (Lipinski definition) is 2. The molecule has 0 bridgehead atoms. The van der Waals surface area contributed by atoms with Crippen LogP contribution in [0, 0.1) is 0 Å². The molecule has 3 heteroatoms. The SMILES string of the molecule is COC1(CCC(=O)O)CCCC1. The van der Waals surface area contributed by atoms with Crippen molar-refractivity contribution < 1.29 is 14.6 Å². The fourth-order valence-electron chi connectivity index (χ4n) is 1.91. The van der Waals surface area contributed by atoms with E-state index in [1.165, 1.54) is 12.8 Å². The van der Waals surface area contributed by atoms with E-state index in [0.717, 1.165) is 12.8 Å². The van der Waals surface area contributed by atoms with Crippen molar-refractivity contribution in [3.63, 3.8) is 0 Å². The Kier molecular flexibility index (Phi) is 3.09. The highest BCUT2D eigenvalue weighted by atomic mass is 16.5. The number of ether oxygens (including phenoxy) is 1. The van der Waals surface area contributed by atoms with Gasteiger partial charge in [-0.2, -0.15) is 0 Å². The van der Waals surface area contributed by atoms with E-state index in [1.807, 2.05) is 0 Å². The number of carbonyl (C=O) groups is 1. The standard InChI is InChI=1S/C9H16O3/c1-12-9(5-2-3-6-9)7-4-8(10)11/h2-7H2,1H3,(H,10,11). The highest BCUT2D eigenvalue weighted by molar-refractivity contribution is 5.66. The van der Waals surface area contributed by atoms with Gasteiger partial charge in [-0.3, -0.25) is 4.79 Å². The van der Waals surface area contributed by atoms with Gasteiger partial charge in [0, 0.05) is 13.5 Å². The summed E-state index contributed by atoms with van der Waals surface area (Å²) in [5.74, 6) is -0.724. The van der Waals surface area contributed by atoms with E-state index < -0.39 is 5.97 Å². The highest BCUT2D eigenvalue weighted by Crippen LogP contribution is 2.36. The van der Waals surface area contributed by atoms with E-state index in [1.54, 1.807) is 7.11 Å². The largest absolute Gasteiger partial charge is 0.481 e. The summed E-state index contributed by atoms with van der Waals surface area (Å²) >= 11 is 0. The third kappa shape index (κ3) is 2.21. The topological polar surface area (TPSA) is 46.5 Å². The molecule has 0 heterocycles. The van der Waals surface area contributed by atoms with E-state index in [9.17, 15) is 4.79 Å². The number of rotatable bonds is 4. The van der Waals surface area contributed by atoms with Gasteiger partial charge in [-0.1, -0.05) is 12.8 Å². The maximum Gasteiger partial charge on any atom is 0.303 e. The van der Waals surface area contributed by atoms with Crippen molar-refractivity contribution in [1.82, 2.24) is 0 Å². The zero-order valence-corrected chi connectivity index (χ0v) is 7.51. The number of carboxylic acid groups (broad SMARTS) is 1. The van der Waals surface area contributed by atoms with Gasteiger partial charge in [-0.15, -0.1) is 0 Å². The van der Waals surface area contributed by atoms with Gasteiger partial charge in [0.15, 0.2) is 0 Å². The molecule has 1 N–H and O–H groups in total. The van der Waals surface area contributed by atoms with Crippen molar-refractivity contribution in [2.24, 2.45) is 0 Å². The summed E-state index contributed by atoms with van der Waals surface area (Å²) in [4.78, 5) is 10.4. The molecule has 12 heavy (non-hydrogen) atoms. The van der Waals surface area contributed by atoms with Crippen LogP contribution in [0.3, 0.4) is 0 Å². The predicted octanol–water partition coefficient (Wildman–Crippen LogP) is 1.81. The maximum absolute atomic E-state index is 10.4. The summed E-state index contributed by atoms with van der Waals surface area (Å²) in [6.45, 7) is 0. The zero-order valence-electron chi connectivity index (χ0n) is 7.51. The fourth-order valence-corrected chi connectivity index (χ4v) is 1.91. The van der Waals surface area contributed by atoms with Gasteiger partial charge in [0.2, 0.25) is 0 Å². The van der Waals surface area contributed by atoms with E-state index >= 15 is 0 Å². The van der Waals surface area contributed by atoms with Crippen molar-refractivity contribution >= 4 is 5.97 Å². The van der Waals surface area contributed by atoms with Crippen LogP contribution in [-0.4, -0.2) is 23.8 Å². The van der Waals surface area contributed by atoms with Crippen LogP contribution in [0.15, 0.2) is 0 Å². The second kappa shape index (κ2) is 3.90. The molecule has 1 aliphatic rings. The molecule has 0 atom stereocenters. The molecule has 0 amide bonds. The average Bonchev–Trinajstić information content (AvgIpc) is 2.50. The monoisotopic (exact) mass is 172 g/mol. The molecule has 0 spiro atoms. The number of carboxylic acids is 1. The van der Waals surface area contributed by atoms with Crippen LogP contribution in [0.5, 0.6) is 0 Å². The Morgan fingerprint density at radius 1 is 1.50 bits per heavy atom. The molecular weight excluding hydrogens is 156 g/mol. The number of methoxy groups -OCH3 is 1. The lowest BCUT2D eigenvalue weighted by atomic mass is 9.96. The number of aliphatic carboxylic acids is 1. The lowest BCUT2D eigenvalue weighted by Crippen LogP contribution is -2.28. The first-order valence-electron chi connectivity index (χ1n) is 4.45. The molecule has 0 aliphatic heterocycles. The van der Waals surface area contributed by atoms with Gasteiger partial charge in [-0.05, 0) is 19.3 Å². The molecule has 1 saturated carbocycles. The first-order valence-corrected chi connectivity index (χ1v) is 4.45. The normalized spacial score (nSPS) is 21.1. The zero-order chi connectivity index (χ0) is 9.03. The molecule has 70 valence electrons. The molecule has 0 radical (unpaired) electrons. The minimum Gasteiger partial charge on any atom is -0.481 e. The molecule has 0 unspecified atom stereocenters. The summed E-state index contributed by atoms with van der Waals surface area (Å²) in [5.41, 5.74) is -0.113. The first-order chi connectivity index (χ1) is 5.68. The molecule has 0 aromatic heterocycles. The van der Waals surface area contributed by atoms with Gasteiger partial charge in [0.25, 0.3) is 0 Å². The molecular formula is C9H16O3. The van der Waals surface area contributed by atoms with Crippen LogP contribution in [-0.2, 0) is 9.53 Å². The van der Waals surface area contributed by atoms with E-state index in [-0.39, 0.29) is 12.0 Å². The minimum absolute atomic E-state index is 0.113. The van der Waals surface area contributed by atoms with Crippen molar-refractivity contribution in [2.45, 2.75) is 44.1 Å². The van der Waals surface area contributed by atoms with Crippen molar-refractivity contribution in [2.75, 3.05) is 7.11 Å². The highest BCUT2D eigenvalue weighted by Gasteiger charge is 2.33. The molecule has 3 nitrogen and oxygen atoms in total. The summed E-state index contributed by atoms with van der Waals surface area (Å²) < 4.78 is 5.39. The Morgan fingerprint density at radius 3 is 2.50 bits per heavy atom. The second-order valence-electron chi connectivity index (χ2n) is 3.49. The summed E-state index contributed by atoms with van der Waals surface area (Å²) in [6, 6.07) is 0. The van der Waals surface area contributed by atoms with E-state index in [4.69, 9.17) is 9.84 Å². The minimum atomic E-state index is -0.724. The summed E-state index contributed by atoms with van der Waals surface area (Å²) in [5, 5.41) is 8.53. The van der Waals surface area contributed by atoms with Crippen LogP contribution < -0.4 is 0 Å². The van der Waals surface area contributed by atoms with Crippen molar-refractivity contribution in [3.05, 3.63) is 0 Å². The lowest BCUT2D eigenvalue weighted by Gasteiger charge is -2.26. The Balaban J connectivity index is 2.39. The van der Waals surface area contributed by atoms with Crippen LogP contribution >= 0.6 is 0 Å². The van der Waals surface area contributed by atoms with Gasteiger partial charge in [0.05, 0.1) is 5.60 Å². The smallest absolute Gasteiger partial charge is 0.303 e. The Morgan fingerprint density at radius 2 is 2.08 bits per heavy atom. The van der Waals surface area contributed by atoms with E-state index in [2.05, 4.69) is 0 Å². The van der Waals surface area contributed by atoms with Crippen LogP contribution in [0.4, 0.5) is 0 Å². The summed E-state index contributed by atoms with van der Waals surface area (Å²) in [7, 11) is 1.69. The second-order valence-corrected chi connectivity index (χ2v) is 3.49. The molecule has 1 aliphatic carbocycles. The van der Waals surface area contributed by atoms with Gasteiger partial charge >= 0.3 is 5.97 Å². The molecule has 1 fully saturated rings. The maximum atomic E-state index is 10.4. The third-order valence-electron chi connectivity index (χ3n) is 2.74. The van der Waals surface area contributed by atoms with E-state index in [0.29, 0.717) is 6.42 Å². The third-order valence-corrected chi connectivity index (χ3v) is 2.74. The molecule has 1 rings (SSSR count). The Bertz CT molecular complexity index is 159. The van der Waals surface area contributed by atoms with Crippen LogP contribution in [0.1, 0.15) is 38.5 Å². The fraction of sp³-hybridized carbons (Fsp3) is 0.889. The van der Waals surface area contributed by atoms with Crippen LogP contribution in [0.2, 0.25) is 0 Å². The lowest BCUT2D eigenvalue weighted by molar-refractivity contribution is -0.138. The predicted molar refractivity (Wildman–Crippen MR) is 45.1 cm³/mol. The first kappa shape index (κ1) is 9.52. The molecule has 0 saturated heterocycles. The molecule has 0 aromatic rings. The van der Waals surface area contributed by atoms with Crippen molar-refractivity contribution in [3.8, 4) is 0 Å². The van der Waals surface area contributed by atoms with Gasteiger partial charge in [0.1, 0.15) is 0 Å². The Labute approximate surface area is 72.7 Å².